The summed E-state index contributed by atoms with van der Waals surface area (Å²) in [6.07, 6.45) is 3.29. The second-order valence-corrected chi connectivity index (χ2v) is 6.23. The number of amides is 1. The predicted octanol–water partition coefficient (Wildman–Crippen LogP) is 3.55. The second kappa shape index (κ2) is 7.55. The van der Waals surface area contributed by atoms with Crippen molar-refractivity contribution < 1.29 is 9.53 Å². The van der Waals surface area contributed by atoms with E-state index in [1.54, 1.807) is 49.6 Å². The number of nitrogens with one attached hydrogen (secondary N) is 1. The average molecular weight is 350 g/mol. The highest BCUT2D eigenvalue weighted by atomic mass is 32.1. The minimum atomic E-state index is -0.252. The molecule has 0 fully saturated rings. The first-order valence-corrected chi connectivity index (χ1v) is 8.28. The highest BCUT2D eigenvalue weighted by Crippen LogP contribution is 2.21. The van der Waals surface area contributed by atoms with Crippen LogP contribution < -0.4 is 10.1 Å². The van der Waals surface area contributed by atoms with Gasteiger partial charge < -0.3 is 10.1 Å². The van der Waals surface area contributed by atoms with Gasteiger partial charge in [0.15, 0.2) is 0 Å². The number of anilines is 1. The average Bonchev–Trinajstić information content (AvgIpc) is 3.02. The minimum absolute atomic E-state index is 0.252. The van der Waals surface area contributed by atoms with Crippen LogP contribution in [0.4, 0.5) is 5.69 Å². The SMILES string of the molecule is Cc1nc(COc2cccnc2)sc1C(=O)Nc1cccc(C#N)c1. The first kappa shape index (κ1) is 16.6. The Morgan fingerprint density at radius 2 is 2.24 bits per heavy atom. The lowest BCUT2D eigenvalue weighted by Crippen LogP contribution is -2.11. The number of pyridine rings is 1. The maximum Gasteiger partial charge on any atom is 0.267 e. The number of thiazole rings is 1. The molecule has 0 atom stereocenters. The third-order valence-corrected chi connectivity index (χ3v) is 4.42. The van der Waals surface area contributed by atoms with Gasteiger partial charge >= 0.3 is 0 Å². The van der Waals surface area contributed by atoms with Gasteiger partial charge in [0.05, 0.1) is 23.5 Å². The van der Waals surface area contributed by atoms with Gasteiger partial charge in [-0.05, 0) is 37.3 Å². The van der Waals surface area contributed by atoms with Crippen LogP contribution in [0.3, 0.4) is 0 Å². The van der Waals surface area contributed by atoms with Crippen molar-refractivity contribution in [1.82, 2.24) is 9.97 Å². The van der Waals surface area contributed by atoms with E-state index in [-0.39, 0.29) is 12.5 Å². The van der Waals surface area contributed by atoms with Crippen LogP contribution in [0, 0.1) is 18.3 Å². The van der Waals surface area contributed by atoms with E-state index in [1.165, 1.54) is 11.3 Å². The summed E-state index contributed by atoms with van der Waals surface area (Å²) in [7, 11) is 0. The Kier molecular flexibility index (Phi) is 5.02. The van der Waals surface area contributed by atoms with E-state index >= 15 is 0 Å². The lowest BCUT2D eigenvalue weighted by Gasteiger charge is -2.04. The molecule has 0 bridgehead atoms. The van der Waals surface area contributed by atoms with Gasteiger partial charge in [0.1, 0.15) is 22.2 Å². The summed E-state index contributed by atoms with van der Waals surface area (Å²) in [5.41, 5.74) is 1.71. The van der Waals surface area contributed by atoms with Crippen LogP contribution in [0.25, 0.3) is 0 Å². The van der Waals surface area contributed by atoms with Gasteiger partial charge in [0.2, 0.25) is 0 Å². The number of rotatable bonds is 5. The number of hydrogen-bond donors (Lipinski definition) is 1. The smallest absolute Gasteiger partial charge is 0.267 e. The maximum atomic E-state index is 12.4. The lowest BCUT2D eigenvalue weighted by atomic mass is 10.2. The molecule has 0 saturated carbocycles. The van der Waals surface area contributed by atoms with Crippen molar-refractivity contribution >= 4 is 22.9 Å². The summed E-state index contributed by atoms with van der Waals surface area (Å²) in [6, 6.07) is 12.4. The van der Waals surface area contributed by atoms with Gasteiger partial charge in [0, 0.05) is 11.9 Å². The van der Waals surface area contributed by atoms with Crippen LogP contribution in [0.1, 0.15) is 25.9 Å². The third kappa shape index (κ3) is 4.19. The van der Waals surface area contributed by atoms with E-state index < -0.39 is 0 Å². The molecule has 7 heteroatoms. The van der Waals surface area contributed by atoms with Crippen molar-refractivity contribution in [1.29, 1.82) is 5.26 Å². The molecule has 3 aromatic rings. The number of nitrogens with zero attached hydrogens (tertiary/aromatic N) is 3. The predicted molar refractivity (Wildman–Crippen MR) is 94.5 cm³/mol. The summed E-state index contributed by atoms with van der Waals surface area (Å²) in [5, 5.41) is 12.4. The Morgan fingerprint density at radius 3 is 3.00 bits per heavy atom. The van der Waals surface area contributed by atoms with Crippen molar-refractivity contribution in [2.24, 2.45) is 0 Å². The zero-order chi connectivity index (χ0) is 17.6. The summed E-state index contributed by atoms with van der Waals surface area (Å²) >= 11 is 1.28. The van der Waals surface area contributed by atoms with E-state index in [0.717, 1.165) is 0 Å². The van der Waals surface area contributed by atoms with Crippen molar-refractivity contribution in [3.8, 4) is 11.8 Å². The number of carbonyl (C=O) groups excluding carboxylic acids is 1. The molecule has 0 aliphatic carbocycles. The fourth-order valence-electron chi connectivity index (χ4n) is 2.16. The fourth-order valence-corrected chi connectivity index (χ4v) is 3.03. The highest BCUT2D eigenvalue weighted by Gasteiger charge is 2.16. The van der Waals surface area contributed by atoms with Crippen LogP contribution in [0.5, 0.6) is 5.75 Å². The molecule has 3 rings (SSSR count). The van der Waals surface area contributed by atoms with Crippen molar-refractivity contribution in [3.05, 3.63) is 69.9 Å². The number of ether oxygens (including phenoxy) is 1. The molecular weight excluding hydrogens is 336 g/mol. The normalized spacial score (nSPS) is 10.1. The van der Waals surface area contributed by atoms with E-state index in [1.807, 2.05) is 12.1 Å². The summed E-state index contributed by atoms with van der Waals surface area (Å²) in [4.78, 5) is 21.3. The van der Waals surface area contributed by atoms with Gasteiger partial charge in [-0.15, -0.1) is 11.3 Å². The van der Waals surface area contributed by atoms with Crippen LogP contribution in [0.15, 0.2) is 48.8 Å². The number of hydrogen-bond acceptors (Lipinski definition) is 6. The van der Waals surface area contributed by atoms with E-state index in [9.17, 15) is 4.79 Å². The minimum Gasteiger partial charge on any atom is -0.485 e. The Balaban J connectivity index is 1.69. The molecule has 0 spiro atoms. The van der Waals surface area contributed by atoms with Gasteiger partial charge in [-0.2, -0.15) is 5.26 Å². The van der Waals surface area contributed by atoms with Crippen LogP contribution >= 0.6 is 11.3 Å². The molecule has 0 aliphatic heterocycles. The third-order valence-electron chi connectivity index (χ3n) is 3.29. The largest absolute Gasteiger partial charge is 0.485 e. The molecule has 0 radical (unpaired) electrons. The molecule has 1 N–H and O–H groups in total. The molecule has 1 aromatic carbocycles. The Hall–Kier alpha value is -3.24. The van der Waals surface area contributed by atoms with Gasteiger partial charge in [-0.1, -0.05) is 6.07 Å². The Bertz CT molecular complexity index is 932. The summed E-state index contributed by atoms with van der Waals surface area (Å²) in [5.74, 6) is 0.396. The summed E-state index contributed by atoms with van der Waals surface area (Å²) < 4.78 is 5.61. The van der Waals surface area contributed by atoms with E-state index in [2.05, 4.69) is 15.3 Å². The zero-order valence-corrected chi connectivity index (χ0v) is 14.2. The number of aryl methyl sites for hydroxylation is 1. The number of aromatic nitrogens is 2. The van der Waals surface area contributed by atoms with Gasteiger partial charge in [-0.25, -0.2) is 4.98 Å². The van der Waals surface area contributed by atoms with E-state index in [0.29, 0.717) is 32.6 Å². The first-order chi connectivity index (χ1) is 12.2. The van der Waals surface area contributed by atoms with Gasteiger partial charge in [-0.3, -0.25) is 9.78 Å². The van der Waals surface area contributed by atoms with Crippen LogP contribution in [-0.2, 0) is 6.61 Å². The first-order valence-electron chi connectivity index (χ1n) is 7.46. The molecule has 0 aliphatic rings. The molecule has 2 aromatic heterocycles. The standard InChI is InChI=1S/C18H14N4O2S/c1-12-17(18(23)22-14-5-2-4-13(8-14)9-19)25-16(21-12)11-24-15-6-3-7-20-10-15/h2-8,10H,11H2,1H3,(H,22,23). The second-order valence-electron chi connectivity index (χ2n) is 5.15. The van der Waals surface area contributed by atoms with Gasteiger partial charge in [0.25, 0.3) is 5.91 Å². The number of carbonyl (C=O) groups is 1. The van der Waals surface area contributed by atoms with E-state index in [4.69, 9.17) is 10.00 Å². The molecule has 2 heterocycles. The van der Waals surface area contributed by atoms with Crippen molar-refractivity contribution in [3.63, 3.8) is 0 Å². The maximum absolute atomic E-state index is 12.4. The topological polar surface area (TPSA) is 87.9 Å². The molecule has 0 unspecified atom stereocenters. The monoisotopic (exact) mass is 350 g/mol. The number of benzene rings is 1. The molecule has 25 heavy (non-hydrogen) atoms. The van der Waals surface area contributed by atoms with Crippen molar-refractivity contribution in [2.45, 2.75) is 13.5 Å². The Labute approximate surface area is 148 Å². The molecule has 0 saturated heterocycles. The fraction of sp³-hybridized carbons (Fsp3) is 0.111. The van der Waals surface area contributed by atoms with Crippen LogP contribution in [0.2, 0.25) is 0 Å². The van der Waals surface area contributed by atoms with Crippen LogP contribution in [-0.4, -0.2) is 15.9 Å². The molecule has 1 amide bonds. The number of nitriles is 1. The molecule has 124 valence electrons. The lowest BCUT2D eigenvalue weighted by molar-refractivity contribution is 0.103. The summed E-state index contributed by atoms with van der Waals surface area (Å²) in [6.45, 7) is 2.05. The van der Waals surface area contributed by atoms with Crippen molar-refractivity contribution in [2.75, 3.05) is 5.32 Å². The highest BCUT2D eigenvalue weighted by molar-refractivity contribution is 7.13. The molecular formula is C18H14N4O2S. The quantitative estimate of drug-likeness (QED) is 0.760. The zero-order valence-electron chi connectivity index (χ0n) is 13.4. The Morgan fingerprint density at radius 1 is 1.36 bits per heavy atom. The molecule has 6 nitrogen and oxygen atoms in total.